The van der Waals surface area contributed by atoms with Crippen molar-refractivity contribution in [1.82, 2.24) is 14.6 Å². The van der Waals surface area contributed by atoms with Gasteiger partial charge < -0.3 is 10.1 Å². The third kappa shape index (κ3) is 4.66. The highest BCUT2D eigenvalue weighted by atomic mass is 35.5. The zero-order valence-electron chi connectivity index (χ0n) is 18.8. The van der Waals surface area contributed by atoms with Crippen molar-refractivity contribution < 1.29 is 17.9 Å². The normalized spacial score (nSPS) is 18.6. The van der Waals surface area contributed by atoms with Gasteiger partial charge in [0.05, 0.1) is 16.0 Å². The van der Waals surface area contributed by atoms with Gasteiger partial charge in [-0.3, -0.25) is 9.78 Å². The van der Waals surface area contributed by atoms with Gasteiger partial charge in [-0.2, -0.15) is 0 Å². The van der Waals surface area contributed by atoms with Gasteiger partial charge in [0.1, 0.15) is 11.9 Å². The Labute approximate surface area is 208 Å². The topological polar surface area (TPSA) is 88.6 Å². The first-order chi connectivity index (χ1) is 16.3. The van der Waals surface area contributed by atoms with E-state index < -0.39 is 10.0 Å². The fraction of sp³-hybridized carbons (Fsp3) is 0.417. The largest absolute Gasteiger partial charge is 0.489 e. The molecule has 0 radical (unpaired) electrons. The summed E-state index contributed by atoms with van der Waals surface area (Å²) in [6.07, 6.45) is 4.35. The maximum Gasteiger partial charge on any atom is 0.237 e. The summed E-state index contributed by atoms with van der Waals surface area (Å²) in [6.45, 7) is 4.05. The van der Waals surface area contributed by atoms with Crippen LogP contribution in [0.25, 0.3) is 21.3 Å². The number of sulfonamides is 1. The number of benzene rings is 1. The molecule has 0 bridgehead atoms. The summed E-state index contributed by atoms with van der Waals surface area (Å²) < 4.78 is 32.8. The van der Waals surface area contributed by atoms with Crippen LogP contribution in [-0.2, 0) is 21.2 Å². The zero-order valence-corrected chi connectivity index (χ0v) is 21.2. The molecule has 0 unspecified atom stereocenters. The second kappa shape index (κ2) is 9.45. The Hall–Kier alpha value is -2.20. The van der Waals surface area contributed by atoms with Gasteiger partial charge in [-0.15, -0.1) is 11.3 Å². The maximum absolute atomic E-state index is 12.1. The Morgan fingerprint density at radius 1 is 1.24 bits per heavy atom. The number of fused-ring (bicyclic) bond motifs is 1. The SMILES string of the molecule is Cc1cc(Cl)cc(-c2ccnc3cc(CCN4C(=O)CCS4(=O)=O)sc23)c1OC1CCNCC1. The van der Waals surface area contributed by atoms with Gasteiger partial charge >= 0.3 is 0 Å². The first kappa shape index (κ1) is 23.5. The number of ether oxygens (including phenoxy) is 1. The molecule has 5 rings (SSSR count). The van der Waals surface area contributed by atoms with E-state index in [1.54, 1.807) is 17.5 Å². The van der Waals surface area contributed by atoms with Crippen LogP contribution in [0.1, 0.15) is 29.7 Å². The molecule has 0 saturated carbocycles. The Bertz CT molecular complexity index is 1350. The van der Waals surface area contributed by atoms with Crippen LogP contribution >= 0.6 is 22.9 Å². The summed E-state index contributed by atoms with van der Waals surface area (Å²) in [4.78, 5) is 17.5. The van der Waals surface area contributed by atoms with Crippen molar-refractivity contribution in [2.75, 3.05) is 25.4 Å². The lowest BCUT2D eigenvalue weighted by atomic mass is 10.0. The number of aryl methyl sites for hydroxylation is 1. The average Bonchev–Trinajstić information content (AvgIpc) is 3.34. The lowest BCUT2D eigenvalue weighted by Gasteiger charge is -2.26. The van der Waals surface area contributed by atoms with Crippen molar-refractivity contribution in [3.8, 4) is 16.9 Å². The molecule has 10 heteroatoms. The highest BCUT2D eigenvalue weighted by molar-refractivity contribution is 7.90. The number of nitrogens with zero attached hydrogens (tertiary/aromatic N) is 2. The van der Waals surface area contributed by atoms with Crippen molar-refractivity contribution >= 4 is 49.1 Å². The van der Waals surface area contributed by atoms with E-state index in [4.69, 9.17) is 16.3 Å². The summed E-state index contributed by atoms with van der Waals surface area (Å²) in [5.74, 6) is 0.416. The van der Waals surface area contributed by atoms with Crippen LogP contribution in [0.4, 0.5) is 0 Å². The minimum absolute atomic E-state index is 0.0639. The van der Waals surface area contributed by atoms with E-state index >= 15 is 0 Å². The van der Waals surface area contributed by atoms with Crippen LogP contribution in [0.15, 0.2) is 30.5 Å². The second-order valence-electron chi connectivity index (χ2n) is 8.73. The molecule has 2 saturated heterocycles. The smallest absolute Gasteiger partial charge is 0.237 e. The fourth-order valence-electron chi connectivity index (χ4n) is 4.57. The number of aromatic nitrogens is 1. The van der Waals surface area contributed by atoms with E-state index in [0.717, 1.165) is 67.8 Å². The van der Waals surface area contributed by atoms with Crippen molar-refractivity contribution in [2.24, 2.45) is 0 Å². The van der Waals surface area contributed by atoms with Gasteiger partial charge in [-0.05, 0) is 62.7 Å². The van der Waals surface area contributed by atoms with Gasteiger partial charge in [0.2, 0.25) is 15.9 Å². The molecule has 0 atom stereocenters. The third-order valence-electron chi connectivity index (χ3n) is 6.31. The molecule has 3 aromatic rings. The van der Waals surface area contributed by atoms with E-state index in [2.05, 4.69) is 10.3 Å². The monoisotopic (exact) mass is 519 g/mol. The molecule has 34 heavy (non-hydrogen) atoms. The molecule has 2 aliphatic heterocycles. The first-order valence-electron chi connectivity index (χ1n) is 11.4. The Morgan fingerprint density at radius 2 is 2.03 bits per heavy atom. The predicted octanol–water partition coefficient (Wildman–Crippen LogP) is 4.16. The Kier molecular flexibility index (Phi) is 6.54. The standard InChI is InChI=1S/C24H26ClN3O4S2/c1-15-12-16(25)13-20(23(15)32-17-2-7-26-8-3-17)19-4-9-27-21-14-18(33-24(19)21)5-10-28-22(29)6-11-34(28,30)31/h4,9,12-14,17,26H,2-3,5-8,10-11H2,1H3. The number of piperidine rings is 1. The Balaban J connectivity index is 1.48. The summed E-state index contributed by atoms with van der Waals surface area (Å²) in [5.41, 5.74) is 3.74. The molecular weight excluding hydrogens is 494 g/mol. The lowest BCUT2D eigenvalue weighted by Crippen LogP contribution is -2.34. The quantitative estimate of drug-likeness (QED) is 0.526. The summed E-state index contributed by atoms with van der Waals surface area (Å²) in [5, 5.41) is 4.01. The summed E-state index contributed by atoms with van der Waals surface area (Å²) in [6, 6.07) is 7.81. The predicted molar refractivity (Wildman–Crippen MR) is 135 cm³/mol. The number of hydrogen-bond donors (Lipinski definition) is 1. The number of thiophene rings is 1. The van der Waals surface area contributed by atoms with Crippen LogP contribution in [0.3, 0.4) is 0 Å². The highest BCUT2D eigenvalue weighted by Gasteiger charge is 2.34. The molecule has 0 spiro atoms. The second-order valence-corrected chi connectivity index (χ2v) is 12.3. The number of pyridine rings is 1. The van der Waals surface area contributed by atoms with Crippen LogP contribution in [0.2, 0.25) is 5.02 Å². The van der Waals surface area contributed by atoms with Crippen LogP contribution < -0.4 is 10.1 Å². The minimum atomic E-state index is -3.48. The number of rotatable bonds is 6. The molecule has 1 aromatic carbocycles. The van der Waals surface area contributed by atoms with Crippen LogP contribution in [-0.4, -0.2) is 55.1 Å². The van der Waals surface area contributed by atoms with Gasteiger partial charge in [0, 0.05) is 46.6 Å². The molecule has 4 heterocycles. The van der Waals surface area contributed by atoms with E-state index in [1.165, 1.54) is 0 Å². The fourth-order valence-corrected chi connectivity index (χ4v) is 7.40. The Morgan fingerprint density at radius 3 is 2.76 bits per heavy atom. The molecule has 0 aliphatic carbocycles. The van der Waals surface area contributed by atoms with Gasteiger partial charge in [0.25, 0.3) is 0 Å². The molecule has 2 aromatic heterocycles. The van der Waals surface area contributed by atoms with Gasteiger partial charge in [-0.1, -0.05) is 11.6 Å². The number of carbonyl (C=O) groups is 1. The number of nitrogens with one attached hydrogen (secondary N) is 1. The number of carbonyl (C=O) groups excluding carboxylic acids is 1. The van der Waals surface area contributed by atoms with E-state index in [1.807, 2.05) is 31.2 Å². The molecule has 180 valence electrons. The van der Waals surface area contributed by atoms with Crippen LogP contribution in [0.5, 0.6) is 5.75 Å². The van der Waals surface area contributed by atoms with Crippen molar-refractivity contribution in [3.05, 3.63) is 45.9 Å². The lowest BCUT2D eigenvalue weighted by molar-refractivity contribution is -0.125. The number of amides is 1. The minimum Gasteiger partial charge on any atom is -0.489 e. The number of halogens is 1. The molecule has 1 amide bonds. The molecule has 2 aliphatic rings. The van der Waals surface area contributed by atoms with E-state index in [9.17, 15) is 13.2 Å². The zero-order chi connectivity index (χ0) is 23.9. The molecule has 1 N–H and O–H groups in total. The summed E-state index contributed by atoms with van der Waals surface area (Å²) in [7, 11) is -3.48. The molecule has 7 nitrogen and oxygen atoms in total. The van der Waals surface area contributed by atoms with Gasteiger partial charge in [0.15, 0.2) is 0 Å². The van der Waals surface area contributed by atoms with Crippen molar-refractivity contribution in [1.29, 1.82) is 0 Å². The van der Waals surface area contributed by atoms with Crippen molar-refractivity contribution in [2.45, 2.75) is 38.7 Å². The average molecular weight is 520 g/mol. The van der Waals surface area contributed by atoms with E-state index in [-0.39, 0.29) is 30.7 Å². The van der Waals surface area contributed by atoms with Crippen LogP contribution in [0, 0.1) is 6.92 Å². The van der Waals surface area contributed by atoms with Gasteiger partial charge in [-0.25, -0.2) is 12.7 Å². The van der Waals surface area contributed by atoms with Crippen molar-refractivity contribution in [3.63, 3.8) is 0 Å². The summed E-state index contributed by atoms with van der Waals surface area (Å²) >= 11 is 8.03. The highest BCUT2D eigenvalue weighted by Crippen LogP contribution is 2.42. The van der Waals surface area contributed by atoms with E-state index in [0.29, 0.717) is 11.4 Å². The third-order valence-corrected chi connectivity index (χ3v) is 9.53. The molecular formula is C24H26ClN3O4S2. The molecule has 2 fully saturated rings. The first-order valence-corrected chi connectivity index (χ1v) is 14.2. The number of hydrogen-bond acceptors (Lipinski definition) is 7. The maximum atomic E-state index is 12.1.